The molecule has 3 heteroatoms. The summed E-state index contributed by atoms with van der Waals surface area (Å²) in [7, 11) is 0. The van der Waals surface area contributed by atoms with Gasteiger partial charge in [-0.3, -0.25) is 5.01 Å². The predicted molar refractivity (Wildman–Crippen MR) is 63.0 cm³/mol. The number of hydrogen-bond donors (Lipinski definition) is 0. The zero-order chi connectivity index (χ0) is 11.0. The number of hydrazone groups is 1. The van der Waals surface area contributed by atoms with E-state index in [9.17, 15) is 4.39 Å². The van der Waals surface area contributed by atoms with E-state index < -0.39 is 0 Å². The Morgan fingerprint density at radius 2 is 2.06 bits per heavy atom. The van der Waals surface area contributed by atoms with Crippen molar-refractivity contribution in [2.24, 2.45) is 11.0 Å². The van der Waals surface area contributed by atoms with E-state index >= 15 is 0 Å². The van der Waals surface area contributed by atoms with E-state index in [0.717, 1.165) is 18.5 Å². The van der Waals surface area contributed by atoms with Crippen molar-refractivity contribution < 1.29 is 4.39 Å². The van der Waals surface area contributed by atoms with Crippen LogP contribution < -0.4 is 5.01 Å². The van der Waals surface area contributed by atoms with E-state index in [1.54, 1.807) is 12.1 Å². The minimum atomic E-state index is -0.202. The van der Waals surface area contributed by atoms with Gasteiger partial charge in [0.2, 0.25) is 0 Å². The van der Waals surface area contributed by atoms with Crippen molar-refractivity contribution in [3.63, 3.8) is 0 Å². The SMILES string of the molecule is Fc1ccc(N2N=CC3C=CCCC32)cc1. The maximum atomic E-state index is 12.8. The first-order valence-electron chi connectivity index (χ1n) is 5.60. The van der Waals surface area contributed by atoms with Gasteiger partial charge in [-0.2, -0.15) is 5.10 Å². The number of fused-ring (bicyclic) bond motifs is 1. The quantitative estimate of drug-likeness (QED) is 0.659. The van der Waals surface area contributed by atoms with Crippen molar-refractivity contribution in [3.8, 4) is 0 Å². The van der Waals surface area contributed by atoms with Gasteiger partial charge in [0, 0.05) is 12.1 Å². The molecule has 1 heterocycles. The van der Waals surface area contributed by atoms with E-state index in [4.69, 9.17) is 0 Å². The lowest BCUT2D eigenvalue weighted by Gasteiger charge is -2.28. The van der Waals surface area contributed by atoms with Crippen LogP contribution >= 0.6 is 0 Å². The minimum Gasteiger partial charge on any atom is -0.262 e. The molecule has 2 atom stereocenters. The summed E-state index contributed by atoms with van der Waals surface area (Å²) in [6, 6.07) is 6.95. The highest BCUT2D eigenvalue weighted by molar-refractivity contribution is 5.72. The largest absolute Gasteiger partial charge is 0.262 e. The summed E-state index contributed by atoms with van der Waals surface area (Å²) in [6.07, 6.45) is 8.60. The minimum absolute atomic E-state index is 0.202. The zero-order valence-corrected chi connectivity index (χ0v) is 8.88. The first kappa shape index (κ1) is 9.58. The maximum absolute atomic E-state index is 12.8. The van der Waals surface area contributed by atoms with Crippen LogP contribution in [0.1, 0.15) is 12.8 Å². The molecule has 0 N–H and O–H groups in total. The second kappa shape index (κ2) is 3.74. The summed E-state index contributed by atoms with van der Waals surface area (Å²) in [5, 5.41) is 6.42. The molecule has 0 spiro atoms. The highest BCUT2D eigenvalue weighted by Gasteiger charge is 2.31. The lowest BCUT2D eigenvalue weighted by Crippen LogP contribution is -2.32. The molecule has 0 saturated carbocycles. The van der Waals surface area contributed by atoms with Crippen LogP contribution in [0.3, 0.4) is 0 Å². The van der Waals surface area contributed by atoms with E-state index in [0.29, 0.717) is 12.0 Å². The van der Waals surface area contributed by atoms with Crippen molar-refractivity contribution >= 4 is 11.9 Å². The highest BCUT2D eigenvalue weighted by atomic mass is 19.1. The van der Waals surface area contributed by atoms with Gasteiger partial charge in [-0.15, -0.1) is 0 Å². The third-order valence-corrected chi connectivity index (χ3v) is 3.20. The number of benzene rings is 1. The van der Waals surface area contributed by atoms with Crippen molar-refractivity contribution in [2.45, 2.75) is 18.9 Å². The monoisotopic (exact) mass is 216 g/mol. The molecule has 2 unspecified atom stereocenters. The fourth-order valence-corrected chi connectivity index (χ4v) is 2.36. The molecule has 0 bridgehead atoms. The van der Waals surface area contributed by atoms with Crippen molar-refractivity contribution in [3.05, 3.63) is 42.2 Å². The van der Waals surface area contributed by atoms with Crippen LogP contribution in [-0.4, -0.2) is 12.3 Å². The lowest BCUT2D eigenvalue weighted by atomic mass is 9.91. The second-order valence-electron chi connectivity index (χ2n) is 4.24. The van der Waals surface area contributed by atoms with E-state index in [-0.39, 0.29) is 5.82 Å². The highest BCUT2D eigenvalue weighted by Crippen LogP contribution is 2.31. The van der Waals surface area contributed by atoms with Crippen LogP contribution in [0.5, 0.6) is 0 Å². The molecule has 0 aromatic heterocycles. The summed E-state index contributed by atoms with van der Waals surface area (Å²) in [4.78, 5) is 0. The molecular formula is C13H13FN2. The zero-order valence-electron chi connectivity index (χ0n) is 8.88. The van der Waals surface area contributed by atoms with Gasteiger partial charge in [0.05, 0.1) is 11.7 Å². The molecular weight excluding hydrogens is 203 g/mol. The van der Waals surface area contributed by atoms with Gasteiger partial charge in [-0.25, -0.2) is 4.39 Å². The Kier molecular flexibility index (Phi) is 2.24. The average molecular weight is 216 g/mol. The fourth-order valence-electron chi connectivity index (χ4n) is 2.36. The number of allylic oxidation sites excluding steroid dienone is 1. The van der Waals surface area contributed by atoms with Gasteiger partial charge in [-0.1, -0.05) is 12.2 Å². The Balaban J connectivity index is 1.88. The molecule has 1 aliphatic heterocycles. The Labute approximate surface area is 94.1 Å². The van der Waals surface area contributed by atoms with Gasteiger partial charge in [0.15, 0.2) is 0 Å². The van der Waals surface area contributed by atoms with Crippen LogP contribution in [0.25, 0.3) is 0 Å². The van der Waals surface area contributed by atoms with E-state index in [1.165, 1.54) is 12.1 Å². The van der Waals surface area contributed by atoms with Gasteiger partial charge in [0.1, 0.15) is 5.82 Å². The van der Waals surface area contributed by atoms with Crippen molar-refractivity contribution in [1.29, 1.82) is 0 Å². The van der Waals surface area contributed by atoms with Crippen LogP contribution in [0.2, 0.25) is 0 Å². The third-order valence-electron chi connectivity index (χ3n) is 3.20. The van der Waals surface area contributed by atoms with Gasteiger partial charge in [-0.05, 0) is 37.1 Å². The number of nitrogens with zero attached hydrogens (tertiary/aromatic N) is 2. The summed E-state index contributed by atoms with van der Waals surface area (Å²) in [5.41, 5.74) is 0.973. The molecule has 2 nitrogen and oxygen atoms in total. The number of halogens is 1. The standard InChI is InChI=1S/C13H13FN2/c14-11-5-7-12(8-6-11)16-13-4-2-1-3-10(13)9-15-16/h1,3,5-10,13H,2,4H2. The summed E-state index contributed by atoms with van der Waals surface area (Å²) in [6.45, 7) is 0. The second-order valence-corrected chi connectivity index (χ2v) is 4.24. The first-order chi connectivity index (χ1) is 7.84. The van der Waals surface area contributed by atoms with Crippen LogP contribution in [0, 0.1) is 11.7 Å². The molecule has 1 aromatic carbocycles. The Hall–Kier alpha value is -1.64. The predicted octanol–water partition coefficient (Wildman–Crippen LogP) is 2.97. The Morgan fingerprint density at radius 1 is 1.25 bits per heavy atom. The Bertz CT molecular complexity index is 436. The van der Waals surface area contributed by atoms with Gasteiger partial charge < -0.3 is 0 Å². The Morgan fingerprint density at radius 3 is 2.88 bits per heavy atom. The molecule has 3 rings (SSSR count). The molecule has 1 aliphatic carbocycles. The number of hydrogen-bond acceptors (Lipinski definition) is 2. The molecule has 0 saturated heterocycles. The van der Waals surface area contributed by atoms with Crippen LogP contribution in [0.15, 0.2) is 41.5 Å². The van der Waals surface area contributed by atoms with Crippen molar-refractivity contribution in [1.82, 2.24) is 0 Å². The third kappa shape index (κ3) is 1.52. The summed E-state index contributed by atoms with van der Waals surface area (Å²) in [5.74, 6) is 0.214. The average Bonchev–Trinajstić information content (AvgIpc) is 2.74. The maximum Gasteiger partial charge on any atom is 0.123 e. The molecule has 0 radical (unpaired) electrons. The van der Waals surface area contributed by atoms with Crippen LogP contribution in [0.4, 0.5) is 10.1 Å². The van der Waals surface area contributed by atoms with Crippen molar-refractivity contribution in [2.75, 3.05) is 5.01 Å². The van der Waals surface area contributed by atoms with Crippen LogP contribution in [-0.2, 0) is 0 Å². The van der Waals surface area contributed by atoms with E-state index in [2.05, 4.69) is 17.3 Å². The van der Waals surface area contributed by atoms with Gasteiger partial charge >= 0.3 is 0 Å². The lowest BCUT2D eigenvalue weighted by molar-refractivity contribution is 0.535. The molecule has 0 fully saturated rings. The van der Waals surface area contributed by atoms with E-state index in [1.807, 2.05) is 11.2 Å². The molecule has 16 heavy (non-hydrogen) atoms. The topological polar surface area (TPSA) is 15.6 Å². The molecule has 1 aromatic rings. The van der Waals surface area contributed by atoms with Gasteiger partial charge in [0.25, 0.3) is 0 Å². The molecule has 82 valence electrons. The molecule has 2 aliphatic rings. The number of anilines is 1. The smallest absolute Gasteiger partial charge is 0.123 e. The summed E-state index contributed by atoms with van der Waals surface area (Å²) < 4.78 is 12.8. The number of rotatable bonds is 1. The normalized spacial score (nSPS) is 27.2. The molecule has 0 amide bonds. The fraction of sp³-hybridized carbons (Fsp3) is 0.308. The first-order valence-corrected chi connectivity index (χ1v) is 5.60. The summed E-state index contributed by atoms with van der Waals surface area (Å²) >= 11 is 0.